The average molecular weight is 256 g/mol. The number of aromatic amines is 1. The summed E-state index contributed by atoms with van der Waals surface area (Å²) in [4.78, 5) is 7.62. The Bertz CT molecular complexity index is 721. The minimum Gasteiger partial charge on any atom is -0.396 e. The second-order valence-electron chi connectivity index (χ2n) is 4.42. The van der Waals surface area contributed by atoms with Crippen molar-refractivity contribution in [2.75, 3.05) is 6.61 Å². The molecule has 0 saturated carbocycles. The van der Waals surface area contributed by atoms with E-state index < -0.39 is 0 Å². The van der Waals surface area contributed by atoms with Crippen molar-refractivity contribution in [2.24, 2.45) is 0 Å². The Kier molecular flexibility index (Phi) is 3.01. The number of aliphatic hydroxyl groups excluding tert-OH is 1. The minimum atomic E-state index is -0.279. The molecule has 3 rings (SSSR count). The molecule has 1 heterocycles. The van der Waals surface area contributed by atoms with Gasteiger partial charge in [0.2, 0.25) is 0 Å². The Morgan fingerprint density at radius 3 is 2.84 bits per heavy atom. The lowest BCUT2D eigenvalue weighted by atomic mass is 10.1. The summed E-state index contributed by atoms with van der Waals surface area (Å²) in [5.41, 5.74) is 3.50. The fraction of sp³-hybridized carbons (Fsp3) is 0.133. The fourth-order valence-electron chi connectivity index (χ4n) is 2.11. The van der Waals surface area contributed by atoms with E-state index in [4.69, 9.17) is 5.11 Å². The number of nitrogens with zero attached hydrogens (tertiary/aromatic N) is 1. The van der Waals surface area contributed by atoms with Crippen LogP contribution in [0.1, 0.15) is 5.56 Å². The van der Waals surface area contributed by atoms with Crippen LogP contribution in [0, 0.1) is 5.82 Å². The molecule has 3 nitrogen and oxygen atoms in total. The number of aromatic nitrogens is 2. The molecule has 1 aromatic heterocycles. The van der Waals surface area contributed by atoms with Crippen LogP contribution < -0.4 is 0 Å². The van der Waals surface area contributed by atoms with Crippen molar-refractivity contribution >= 4 is 11.0 Å². The van der Waals surface area contributed by atoms with Crippen LogP contribution >= 0.6 is 0 Å². The third-order valence-corrected chi connectivity index (χ3v) is 3.04. The van der Waals surface area contributed by atoms with E-state index in [2.05, 4.69) is 9.97 Å². The van der Waals surface area contributed by atoms with Crippen LogP contribution in [0.15, 0.2) is 42.5 Å². The molecule has 0 aliphatic rings. The molecule has 0 bridgehead atoms. The normalized spacial score (nSPS) is 11.1. The Labute approximate surface area is 109 Å². The van der Waals surface area contributed by atoms with Crippen LogP contribution in [0.25, 0.3) is 22.4 Å². The maximum absolute atomic E-state index is 13.2. The van der Waals surface area contributed by atoms with Crippen molar-refractivity contribution in [3.05, 3.63) is 53.8 Å². The van der Waals surface area contributed by atoms with Gasteiger partial charge in [-0.3, -0.25) is 0 Å². The van der Waals surface area contributed by atoms with E-state index in [0.29, 0.717) is 12.2 Å². The maximum atomic E-state index is 13.2. The first-order valence-corrected chi connectivity index (χ1v) is 6.12. The van der Waals surface area contributed by atoms with Crippen LogP contribution in [0.2, 0.25) is 0 Å². The van der Waals surface area contributed by atoms with E-state index >= 15 is 0 Å². The number of benzene rings is 2. The molecule has 4 heteroatoms. The average Bonchev–Trinajstić information content (AvgIpc) is 2.82. The molecule has 0 aliphatic heterocycles. The summed E-state index contributed by atoms with van der Waals surface area (Å²) in [5, 5.41) is 8.94. The largest absolute Gasteiger partial charge is 0.396 e. The van der Waals surface area contributed by atoms with Crippen LogP contribution in [0.4, 0.5) is 4.39 Å². The zero-order chi connectivity index (χ0) is 13.2. The number of imidazole rings is 1. The van der Waals surface area contributed by atoms with E-state index in [1.807, 2.05) is 24.3 Å². The number of rotatable bonds is 3. The van der Waals surface area contributed by atoms with E-state index in [0.717, 1.165) is 22.2 Å². The zero-order valence-electron chi connectivity index (χ0n) is 10.2. The van der Waals surface area contributed by atoms with E-state index in [1.165, 1.54) is 12.1 Å². The number of halogens is 1. The third kappa shape index (κ3) is 2.35. The number of aliphatic hydroxyl groups is 1. The van der Waals surface area contributed by atoms with Gasteiger partial charge in [-0.15, -0.1) is 0 Å². The molecule has 2 aromatic carbocycles. The predicted molar refractivity (Wildman–Crippen MR) is 72.3 cm³/mol. The summed E-state index contributed by atoms with van der Waals surface area (Å²) in [5.74, 6) is 0.370. The van der Waals surface area contributed by atoms with E-state index in [1.54, 1.807) is 6.07 Å². The van der Waals surface area contributed by atoms with Gasteiger partial charge in [0.15, 0.2) is 0 Å². The molecule has 0 saturated heterocycles. The zero-order valence-corrected chi connectivity index (χ0v) is 10.2. The molecule has 3 aromatic rings. The Morgan fingerprint density at radius 1 is 1.16 bits per heavy atom. The number of H-pyrrole nitrogens is 1. The molecule has 2 N–H and O–H groups in total. The first kappa shape index (κ1) is 11.9. The highest BCUT2D eigenvalue weighted by Gasteiger charge is 2.06. The van der Waals surface area contributed by atoms with E-state index in [9.17, 15) is 4.39 Å². The van der Waals surface area contributed by atoms with Crippen molar-refractivity contribution in [1.82, 2.24) is 9.97 Å². The summed E-state index contributed by atoms with van der Waals surface area (Å²) in [6, 6.07) is 12.1. The van der Waals surface area contributed by atoms with Gasteiger partial charge in [-0.1, -0.05) is 18.2 Å². The lowest BCUT2D eigenvalue weighted by Gasteiger charge is -1.96. The Balaban J connectivity index is 2.06. The second kappa shape index (κ2) is 4.82. The minimum absolute atomic E-state index is 0.121. The quantitative estimate of drug-likeness (QED) is 0.757. The molecule has 19 heavy (non-hydrogen) atoms. The maximum Gasteiger partial charge on any atom is 0.138 e. The number of nitrogens with one attached hydrogen (secondary N) is 1. The standard InChI is InChI=1S/C15H13FN2O/c16-12-3-1-2-11(9-12)15-17-13-5-4-10(6-7-19)8-14(13)18-15/h1-5,8-9,19H,6-7H2,(H,17,18). The summed E-state index contributed by atoms with van der Waals surface area (Å²) < 4.78 is 13.2. The third-order valence-electron chi connectivity index (χ3n) is 3.04. The van der Waals surface area contributed by atoms with Crippen molar-refractivity contribution in [3.8, 4) is 11.4 Å². The smallest absolute Gasteiger partial charge is 0.138 e. The summed E-state index contributed by atoms with van der Waals surface area (Å²) in [7, 11) is 0. The number of hydrogen-bond acceptors (Lipinski definition) is 2. The highest BCUT2D eigenvalue weighted by atomic mass is 19.1. The molecule has 0 fully saturated rings. The van der Waals surface area contributed by atoms with Crippen LogP contribution in [-0.4, -0.2) is 21.7 Å². The first-order valence-electron chi connectivity index (χ1n) is 6.12. The van der Waals surface area contributed by atoms with Gasteiger partial charge in [-0.2, -0.15) is 0 Å². The SMILES string of the molecule is OCCc1ccc2nc(-c3cccc(F)c3)[nH]c2c1. The highest BCUT2D eigenvalue weighted by molar-refractivity contribution is 5.80. The monoisotopic (exact) mass is 256 g/mol. The van der Waals surface area contributed by atoms with Gasteiger partial charge in [0.05, 0.1) is 11.0 Å². The van der Waals surface area contributed by atoms with Crippen LogP contribution in [0.3, 0.4) is 0 Å². The van der Waals surface area contributed by atoms with Gasteiger partial charge in [0.25, 0.3) is 0 Å². The van der Waals surface area contributed by atoms with Gasteiger partial charge in [-0.25, -0.2) is 9.37 Å². The number of hydrogen-bond donors (Lipinski definition) is 2. The topological polar surface area (TPSA) is 48.9 Å². The first-order chi connectivity index (χ1) is 9.26. The summed E-state index contributed by atoms with van der Waals surface area (Å²) in [6.45, 7) is 0.121. The fourth-order valence-corrected chi connectivity index (χ4v) is 2.11. The predicted octanol–water partition coefficient (Wildman–Crippen LogP) is 2.90. The van der Waals surface area contributed by atoms with Crippen LogP contribution in [-0.2, 0) is 6.42 Å². The van der Waals surface area contributed by atoms with Crippen molar-refractivity contribution in [3.63, 3.8) is 0 Å². The molecule has 0 atom stereocenters. The molecule has 0 spiro atoms. The highest BCUT2D eigenvalue weighted by Crippen LogP contribution is 2.22. The molecule has 96 valence electrons. The molecule has 0 amide bonds. The molecule has 0 aliphatic carbocycles. The van der Waals surface area contributed by atoms with Crippen molar-refractivity contribution < 1.29 is 9.50 Å². The molecular formula is C15H13FN2O. The summed E-state index contributed by atoms with van der Waals surface area (Å²) in [6.07, 6.45) is 0.615. The Hall–Kier alpha value is -2.20. The Morgan fingerprint density at radius 2 is 2.05 bits per heavy atom. The van der Waals surface area contributed by atoms with Gasteiger partial charge in [0, 0.05) is 12.2 Å². The van der Waals surface area contributed by atoms with Crippen molar-refractivity contribution in [1.29, 1.82) is 0 Å². The van der Waals surface area contributed by atoms with Gasteiger partial charge >= 0.3 is 0 Å². The van der Waals surface area contributed by atoms with Gasteiger partial charge in [-0.05, 0) is 36.2 Å². The van der Waals surface area contributed by atoms with Gasteiger partial charge in [0.1, 0.15) is 11.6 Å². The molecular weight excluding hydrogens is 243 g/mol. The molecule has 0 unspecified atom stereocenters. The second-order valence-corrected chi connectivity index (χ2v) is 4.42. The number of fused-ring (bicyclic) bond motifs is 1. The molecule has 0 radical (unpaired) electrons. The van der Waals surface area contributed by atoms with Crippen molar-refractivity contribution in [2.45, 2.75) is 6.42 Å². The summed E-state index contributed by atoms with van der Waals surface area (Å²) >= 11 is 0. The van der Waals surface area contributed by atoms with Gasteiger partial charge < -0.3 is 10.1 Å². The lowest BCUT2D eigenvalue weighted by Crippen LogP contribution is -1.89. The van der Waals surface area contributed by atoms with Crippen LogP contribution in [0.5, 0.6) is 0 Å². The van der Waals surface area contributed by atoms with E-state index in [-0.39, 0.29) is 12.4 Å². The lowest BCUT2D eigenvalue weighted by molar-refractivity contribution is 0.299.